The summed E-state index contributed by atoms with van der Waals surface area (Å²) in [5.74, 6) is 0. The van der Waals surface area contributed by atoms with Crippen LogP contribution in [-0.4, -0.2) is 8.07 Å². The summed E-state index contributed by atoms with van der Waals surface area (Å²) in [6, 6.07) is 36.2. The van der Waals surface area contributed by atoms with Gasteiger partial charge in [-0.3, -0.25) is 0 Å². The van der Waals surface area contributed by atoms with Gasteiger partial charge in [-0.05, 0) is 46.8 Å². The van der Waals surface area contributed by atoms with Gasteiger partial charge in [0.15, 0.2) is 0 Å². The molecule has 0 N–H and O–H groups in total. The molecule has 0 amide bonds. The number of benzene rings is 4. The maximum absolute atomic E-state index is 4.60. The highest BCUT2D eigenvalue weighted by Gasteiger charge is 2.31. The van der Waals surface area contributed by atoms with Crippen LogP contribution in [0.15, 0.2) is 130 Å². The SMILES string of the molecule is C[Si](C)(c1ccccc1N=Nc1ccccc1)c1ccccc1N=Nc1ccccc1. The van der Waals surface area contributed by atoms with Crippen LogP contribution in [0.4, 0.5) is 22.7 Å². The quantitative estimate of drug-likeness (QED) is 0.231. The van der Waals surface area contributed by atoms with Gasteiger partial charge in [-0.15, -0.1) is 0 Å². The lowest BCUT2D eigenvalue weighted by Crippen LogP contribution is -2.53. The van der Waals surface area contributed by atoms with Gasteiger partial charge in [-0.25, -0.2) is 0 Å². The van der Waals surface area contributed by atoms with Crippen LogP contribution < -0.4 is 10.4 Å². The zero-order valence-electron chi connectivity index (χ0n) is 17.7. The lowest BCUT2D eigenvalue weighted by atomic mass is 10.3. The molecule has 0 spiro atoms. The second-order valence-corrected chi connectivity index (χ2v) is 12.1. The molecule has 5 heteroatoms. The molecule has 0 atom stereocenters. The molecule has 152 valence electrons. The molecule has 0 aliphatic carbocycles. The average molecular weight is 421 g/mol. The predicted molar refractivity (Wildman–Crippen MR) is 131 cm³/mol. The maximum atomic E-state index is 4.60. The lowest BCUT2D eigenvalue weighted by molar-refractivity contribution is 1.23. The Kier molecular flexibility index (Phi) is 6.24. The zero-order chi connectivity index (χ0) is 21.5. The maximum Gasteiger partial charge on any atom is 0.118 e. The van der Waals surface area contributed by atoms with E-state index in [0.717, 1.165) is 22.7 Å². The fourth-order valence-electron chi connectivity index (χ4n) is 3.54. The second kappa shape index (κ2) is 9.41. The van der Waals surface area contributed by atoms with Crippen molar-refractivity contribution in [2.75, 3.05) is 0 Å². The Hall–Kier alpha value is -3.70. The van der Waals surface area contributed by atoms with E-state index in [4.69, 9.17) is 0 Å². The summed E-state index contributed by atoms with van der Waals surface area (Å²) in [4.78, 5) is 0. The largest absolute Gasteiger partial charge is 0.151 e. The Morgan fingerprint density at radius 3 is 1.19 bits per heavy atom. The molecule has 31 heavy (non-hydrogen) atoms. The molecule has 0 saturated heterocycles. The van der Waals surface area contributed by atoms with Crippen molar-refractivity contribution in [3.8, 4) is 0 Å². The topological polar surface area (TPSA) is 49.4 Å². The fourth-order valence-corrected chi connectivity index (χ4v) is 6.40. The van der Waals surface area contributed by atoms with Gasteiger partial charge in [-0.2, -0.15) is 20.5 Å². The van der Waals surface area contributed by atoms with E-state index in [1.807, 2.05) is 84.9 Å². The fraction of sp³-hybridized carbons (Fsp3) is 0.0769. The molecule has 0 aromatic heterocycles. The first-order valence-corrected chi connectivity index (χ1v) is 13.3. The molecule has 4 rings (SSSR count). The molecular formula is C26H24N4Si. The van der Waals surface area contributed by atoms with Gasteiger partial charge in [0.25, 0.3) is 0 Å². The summed E-state index contributed by atoms with van der Waals surface area (Å²) in [5, 5.41) is 20.5. The molecule has 0 fully saturated rings. The van der Waals surface area contributed by atoms with Crippen molar-refractivity contribution in [2.45, 2.75) is 13.1 Å². The molecule has 0 radical (unpaired) electrons. The summed E-state index contributed by atoms with van der Waals surface area (Å²) in [6.07, 6.45) is 0. The third-order valence-corrected chi connectivity index (χ3v) is 8.75. The Morgan fingerprint density at radius 1 is 0.419 bits per heavy atom. The molecule has 4 aromatic rings. The van der Waals surface area contributed by atoms with Crippen molar-refractivity contribution in [1.29, 1.82) is 0 Å². The molecule has 0 aliphatic heterocycles. The van der Waals surface area contributed by atoms with Crippen LogP contribution in [0.5, 0.6) is 0 Å². The van der Waals surface area contributed by atoms with Crippen molar-refractivity contribution in [1.82, 2.24) is 0 Å². The molecule has 0 unspecified atom stereocenters. The van der Waals surface area contributed by atoms with Crippen molar-refractivity contribution in [3.63, 3.8) is 0 Å². The first-order chi connectivity index (χ1) is 15.1. The Morgan fingerprint density at radius 2 is 0.774 bits per heavy atom. The van der Waals surface area contributed by atoms with E-state index in [-0.39, 0.29) is 0 Å². The molecule has 4 nitrogen and oxygen atoms in total. The molecule has 0 heterocycles. The summed E-state index contributed by atoms with van der Waals surface area (Å²) >= 11 is 0. The Labute approximate surface area is 184 Å². The van der Waals surface area contributed by atoms with Crippen LogP contribution in [0.2, 0.25) is 13.1 Å². The van der Waals surface area contributed by atoms with Crippen LogP contribution in [-0.2, 0) is 0 Å². The summed E-state index contributed by atoms with van der Waals surface area (Å²) < 4.78 is 0. The Balaban J connectivity index is 1.72. The van der Waals surface area contributed by atoms with E-state index in [1.54, 1.807) is 0 Å². The Bertz CT molecular complexity index is 1110. The van der Waals surface area contributed by atoms with Gasteiger partial charge in [0.2, 0.25) is 0 Å². The molecular weight excluding hydrogens is 396 g/mol. The number of nitrogens with zero attached hydrogens (tertiary/aromatic N) is 4. The van der Waals surface area contributed by atoms with Crippen LogP contribution in [0.25, 0.3) is 0 Å². The zero-order valence-corrected chi connectivity index (χ0v) is 18.7. The minimum atomic E-state index is -2.13. The lowest BCUT2D eigenvalue weighted by Gasteiger charge is -2.26. The highest BCUT2D eigenvalue weighted by Crippen LogP contribution is 2.23. The van der Waals surface area contributed by atoms with Crippen LogP contribution >= 0.6 is 0 Å². The van der Waals surface area contributed by atoms with Gasteiger partial charge in [0.1, 0.15) is 8.07 Å². The average Bonchev–Trinajstić information content (AvgIpc) is 2.83. The smallest absolute Gasteiger partial charge is 0.118 e. The first kappa shape index (κ1) is 20.6. The van der Waals surface area contributed by atoms with E-state index in [0.29, 0.717) is 0 Å². The number of hydrogen-bond donors (Lipinski definition) is 0. The normalized spacial score (nSPS) is 11.9. The highest BCUT2D eigenvalue weighted by atomic mass is 28.3. The van der Waals surface area contributed by atoms with E-state index in [1.165, 1.54) is 10.4 Å². The minimum Gasteiger partial charge on any atom is -0.151 e. The van der Waals surface area contributed by atoms with Gasteiger partial charge in [0, 0.05) is 0 Å². The number of hydrogen-bond acceptors (Lipinski definition) is 4. The summed E-state index contributed by atoms with van der Waals surface area (Å²) in [7, 11) is -2.13. The highest BCUT2D eigenvalue weighted by molar-refractivity contribution is 7.02. The molecule has 0 bridgehead atoms. The molecule has 0 saturated carbocycles. The minimum absolute atomic E-state index is 0.842. The van der Waals surface area contributed by atoms with E-state index < -0.39 is 8.07 Å². The standard InChI is InChI=1S/C26H24N4Si/c1-31(2,25-19-11-9-17-23(25)29-27-21-13-5-3-6-14-21)26-20-12-10-18-24(26)30-28-22-15-7-4-8-16-22/h3-20H,1-2H3. The second-order valence-electron chi connectivity index (χ2n) is 7.73. The molecule has 4 aromatic carbocycles. The van der Waals surface area contributed by atoms with Gasteiger partial charge in [0.05, 0.1) is 22.7 Å². The monoisotopic (exact) mass is 420 g/mol. The van der Waals surface area contributed by atoms with Crippen LogP contribution in [0.1, 0.15) is 0 Å². The first-order valence-electron chi connectivity index (χ1n) is 10.3. The van der Waals surface area contributed by atoms with Crippen LogP contribution in [0, 0.1) is 0 Å². The van der Waals surface area contributed by atoms with Crippen LogP contribution in [0.3, 0.4) is 0 Å². The number of azo groups is 2. The van der Waals surface area contributed by atoms with Gasteiger partial charge in [-0.1, -0.05) is 85.9 Å². The summed E-state index contributed by atoms with van der Waals surface area (Å²) in [6.45, 7) is 4.64. The predicted octanol–water partition coefficient (Wildman–Crippen LogP) is 7.34. The van der Waals surface area contributed by atoms with E-state index in [9.17, 15) is 0 Å². The van der Waals surface area contributed by atoms with Gasteiger partial charge >= 0.3 is 0 Å². The summed E-state index contributed by atoms with van der Waals surface area (Å²) in [5.41, 5.74) is 3.48. The molecule has 0 aliphatic rings. The third kappa shape index (κ3) is 4.90. The van der Waals surface area contributed by atoms with E-state index >= 15 is 0 Å². The van der Waals surface area contributed by atoms with Gasteiger partial charge < -0.3 is 0 Å². The third-order valence-electron chi connectivity index (χ3n) is 5.21. The number of rotatable bonds is 6. The van der Waals surface area contributed by atoms with Crippen molar-refractivity contribution in [2.24, 2.45) is 20.5 Å². The van der Waals surface area contributed by atoms with Crippen molar-refractivity contribution < 1.29 is 0 Å². The van der Waals surface area contributed by atoms with E-state index in [2.05, 4.69) is 57.8 Å². The van der Waals surface area contributed by atoms with Crippen molar-refractivity contribution >= 4 is 41.2 Å². The van der Waals surface area contributed by atoms with Crippen molar-refractivity contribution in [3.05, 3.63) is 109 Å².